The summed E-state index contributed by atoms with van der Waals surface area (Å²) < 4.78 is 21.8. The first-order chi connectivity index (χ1) is 15.3. The third-order valence-electron chi connectivity index (χ3n) is 5.65. The maximum absolute atomic E-state index is 13.2. The summed E-state index contributed by atoms with van der Waals surface area (Å²) in [5.74, 6) is 0.557. The molecule has 0 radical (unpaired) electrons. The summed E-state index contributed by atoms with van der Waals surface area (Å²) in [4.78, 5) is 34.3. The normalized spacial score (nSPS) is 14.4. The maximum atomic E-state index is 13.2. The second kappa shape index (κ2) is 8.60. The van der Waals surface area contributed by atoms with Crippen LogP contribution >= 0.6 is 0 Å². The molecular weight excluding hydrogens is 415 g/mol. The number of hydrogen-bond donors (Lipinski definition) is 0. The van der Waals surface area contributed by atoms with Crippen molar-refractivity contribution >= 4 is 22.9 Å². The zero-order valence-corrected chi connectivity index (χ0v) is 18.7. The van der Waals surface area contributed by atoms with Crippen LogP contribution in [-0.2, 0) is 11.8 Å². The number of nitrogens with zero attached hydrogens (tertiary/aromatic N) is 6. The molecule has 1 amide bonds. The summed E-state index contributed by atoms with van der Waals surface area (Å²) in [6.45, 7) is 7.71. The van der Waals surface area contributed by atoms with Gasteiger partial charge < -0.3 is 14.5 Å². The van der Waals surface area contributed by atoms with Gasteiger partial charge in [0.1, 0.15) is 17.1 Å². The Balaban J connectivity index is 1.48. The zero-order valence-electron chi connectivity index (χ0n) is 18.7. The molecule has 1 aliphatic heterocycles. The van der Waals surface area contributed by atoms with E-state index in [4.69, 9.17) is 9.72 Å². The molecule has 1 aromatic carbocycles. The fourth-order valence-electron chi connectivity index (χ4n) is 3.99. The topological polar surface area (TPSA) is 85.5 Å². The number of carbonyl (C=O) groups is 1. The Hall–Kier alpha value is -3.43. The van der Waals surface area contributed by atoms with Crippen molar-refractivity contribution in [2.45, 2.75) is 26.8 Å². The molecule has 0 atom stereocenters. The van der Waals surface area contributed by atoms with Crippen molar-refractivity contribution < 1.29 is 13.9 Å². The Labute approximate surface area is 185 Å². The number of carbonyl (C=O) groups excluding carboxylic acids is 1. The number of halogens is 1. The summed E-state index contributed by atoms with van der Waals surface area (Å²) in [7, 11) is 1.75. The number of ether oxygens (including phenoxy) is 1. The summed E-state index contributed by atoms with van der Waals surface area (Å²) >= 11 is 0. The van der Waals surface area contributed by atoms with Gasteiger partial charge in [-0.1, -0.05) is 0 Å². The Bertz CT molecular complexity index is 1190. The molecule has 170 valence electrons. The summed E-state index contributed by atoms with van der Waals surface area (Å²) in [5.41, 5.74) is 1.69. The van der Waals surface area contributed by atoms with Gasteiger partial charge in [0, 0.05) is 39.3 Å². The highest BCUT2D eigenvalue weighted by atomic mass is 19.1. The number of rotatable bonds is 5. The first-order valence-electron chi connectivity index (χ1n) is 10.6. The lowest BCUT2D eigenvalue weighted by molar-refractivity contribution is -0.133. The number of piperazine rings is 1. The van der Waals surface area contributed by atoms with Crippen molar-refractivity contribution in [2.24, 2.45) is 7.05 Å². The molecular formula is C22H27FN6O3. The van der Waals surface area contributed by atoms with E-state index in [0.717, 1.165) is 0 Å². The van der Waals surface area contributed by atoms with Crippen molar-refractivity contribution in [1.29, 1.82) is 0 Å². The van der Waals surface area contributed by atoms with Crippen molar-refractivity contribution in [2.75, 3.05) is 37.7 Å². The van der Waals surface area contributed by atoms with Gasteiger partial charge in [0.2, 0.25) is 5.95 Å². The van der Waals surface area contributed by atoms with Gasteiger partial charge in [0.05, 0.1) is 5.69 Å². The lowest BCUT2D eigenvalue weighted by Gasteiger charge is -2.36. The van der Waals surface area contributed by atoms with Gasteiger partial charge in [0.25, 0.3) is 11.5 Å². The number of aromatic nitrogens is 4. The largest absolute Gasteiger partial charge is 0.484 e. The Morgan fingerprint density at radius 2 is 1.81 bits per heavy atom. The molecule has 3 heterocycles. The predicted molar refractivity (Wildman–Crippen MR) is 119 cm³/mol. The van der Waals surface area contributed by atoms with Crippen LogP contribution in [0.15, 0.2) is 29.1 Å². The number of hydrogen-bond acceptors (Lipinski definition) is 6. The van der Waals surface area contributed by atoms with Crippen LogP contribution in [-0.4, -0.2) is 62.9 Å². The van der Waals surface area contributed by atoms with Gasteiger partial charge in [-0.15, -0.1) is 0 Å². The Morgan fingerprint density at radius 1 is 1.16 bits per heavy atom. The molecule has 2 aromatic heterocycles. The van der Waals surface area contributed by atoms with Crippen molar-refractivity contribution in [3.05, 3.63) is 46.1 Å². The highest BCUT2D eigenvalue weighted by Crippen LogP contribution is 2.22. The summed E-state index contributed by atoms with van der Waals surface area (Å²) in [6.07, 6.45) is 0. The molecule has 10 heteroatoms. The Kier molecular flexibility index (Phi) is 5.86. The molecule has 0 N–H and O–H groups in total. The van der Waals surface area contributed by atoms with Gasteiger partial charge in [-0.3, -0.25) is 18.8 Å². The first kappa shape index (κ1) is 21.8. The summed E-state index contributed by atoms with van der Waals surface area (Å²) in [6, 6.07) is 5.50. The molecule has 32 heavy (non-hydrogen) atoms. The minimum absolute atomic E-state index is 0.0756. The monoisotopic (exact) mass is 442 g/mol. The minimum atomic E-state index is -0.354. The molecule has 9 nitrogen and oxygen atoms in total. The highest BCUT2D eigenvalue weighted by Gasteiger charge is 2.27. The van der Waals surface area contributed by atoms with Crippen LogP contribution in [0.25, 0.3) is 11.0 Å². The average molecular weight is 442 g/mol. The average Bonchev–Trinajstić information content (AvgIpc) is 3.06. The van der Waals surface area contributed by atoms with E-state index in [1.54, 1.807) is 21.2 Å². The number of anilines is 1. The van der Waals surface area contributed by atoms with E-state index < -0.39 is 0 Å². The van der Waals surface area contributed by atoms with Gasteiger partial charge in [-0.05, 0) is 45.0 Å². The predicted octanol–water partition coefficient (Wildman–Crippen LogP) is 1.89. The highest BCUT2D eigenvalue weighted by molar-refractivity contribution is 5.79. The van der Waals surface area contributed by atoms with Crippen LogP contribution in [0, 0.1) is 12.7 Å². The van der Waals surface area contributed by atoms with E-state index in [2.05, 4.69) is 5.10 Å². The van der Waals surface area contributed by atoms with Gasteiger partial charge in [0.15, 0.2) is 12.1 Å². The molecule has 0 unspecified atom stereocenters. The second-order valence-corrected chi connectivity index (χ2v) is 8.20. The number of amides is 1. The molecule has 0 aliphatic carbocycles. The van der Waals surface area contributed by atoms with Crippen LogP contribution in [0.5, 0.6) is 5.75 Å². The summed E-state index contributed by atoms with van der Waals surface area (Å²) in [5, 5.41) is 4.36. The molecule has 4 rings (SSSR count). The zero-order chi connectivity index (χ0) is 23.0. The molecule has 0 saturated carbocycles. The smallest absolute Gasteiger partial charge is 0.281 e. The lowest BCUT2D eigenvalue weighted by Crippen LogP contribution is -2.51. The number of fused-ring (bicyclic) bond motifs is 1. The molecule has 1 saturated heterocycles. The first-order valence-corrected chi connectivity index (χ1v) is 10.6. The SMILES string of the molecule is Cc1nn(C)c2c(=O)n(C(C)C)c(N3CCN(C(=O)COc4ccc(F)cc4)CC3)nc12. The van der Waals surface area contributed by atoms with Crippen LogP contribution in [0.4, 0.5) is 10.3 Å². The fraction of sp³-hybridized carbons (Fsp3) is 0.455. The third kappa shape index (κ3) is 4.04. The molecule has 0 spiro atoms. The van der Waals surface area contributed by atoms with Gasteiger partial charge >= 0.3 is 0 Å². The van der Waals surface area contributed by atoms with E-state index in [1.165, 1.54) is 24.3 Å². The third-order valence-corrected chi connectivity index (χ3v) is 5.65. The van der Waals surface area contributed by atoms with E-state index in [1.807, 2.05) is 25.7 Å². The Morgan fingerprint density at radius 3 is 2.44 bits per heavy atom. The molecule has 1 fully saturated rings. The van der Waals surface area contributed by atoms with E-state index in [0.29, 0.717) is 54.6 Å². The lowest BCUT2D eigenvalue weighted by atomic mass is 10.3. The minimum Gasteiger partial charge on any atom is -0.484 e. The fourth-order valence-corrected chi connectivity index (χ4v) is 3.99. The van der Waals surface area contributed by atoms with Crippen LogP contribution in [0.2, 0.25) is 0 Å². The molecule has 1 aliphatic rings. The maximum Gasteiger partial charge on any atom is 0.281 e. The van der Waals surface area contributed by atoms with E-state index in [9.17, 15) is 14.0 Å². The quantitative estimate of drug-likeness (QED) is 0.600. The van der Waals surface area contributed by atoms with Crippen molar-refractivity contribution in [1.82, 2.24) is 24.2 Å². The van der Waals surface area contributed by atoms with Gasteiger partial charge in [-0.2, -0.15) is 5.10 Å². The molecule has 3 aromatic rings. The van der Waals surface area contributed by atoms with Crippen LogP contribution in [0.1, 0.15) is 25.6 Å². The molecule has 0 bridgehead atoms. The number of aryl methyl sites for hydroxylation is 2. The van der Waals surface area contributed by atoms with Crippen molar-refractivity contribution in [3.8, 4) is 5.75 Å². The van der Waals surface area contributed by atoms with Gasteiger partial charge in [-0.25, -0.2) is 9.37 Å². The number of benzene rings is 1. The van der Waals surface area contributed by atoms with Crippen LogP contribution < -0.4 is 15.2 Å². The second-order valence-electron chi connectivity index (χ2n) is 8.20. The van der Waals surface area contributed by atoms with E-state index in [-0.39, 0.29) is 29.9 Å². The van der Waals surface area contributed by atoms with Crippen molar-refractivity contribution in [3.63, 3.8) is 0 Å². The van der Waals surface area contributed by atoms with E-state index >= 15 is 0 Å². The van der Waals surface area contributed by atoms with Crippen LogP contribution in [0.3, 0.4) is 0 Å². The standard InChI is InChI=1S/C22H27FN6O3/c1-14(2)29-21(31)20-19(15(3)25-26(20)4)24-22(29)28-11-9-27(10-12-28)18(30)13-32-17-7-5-16(23)6-8-17/h5-8,14H,9-13H2,1-4H3.